The SMILES string of the molecule is COc1cc(C)c(S(=O)(=O)N2CCCCC2COCC(=O)N2CCC(CCN3CCCC3)CC2)c(C)c1.Cl. The molecule has 10 heteroatoms. The Morgan fingerprint density at radius 3 is 2.21 bits per heavy atom. The van der Waals surface area contributed by atoms with Crippen molar-refractivity contribution in [2.75, 3.05) is 59.6 Å². The van der Waals surface area contributed by atoms with Crippen molar-refractivity contribution in [3.8, 4) is 5.75 Å². The van der Waals surface area contributed by atoms with Crippen molar-refractivity contribution in [2.24, 2.45) is 5.92 Å². The van der Waals surface area contributed by atoms with Crippen LogP contribution in [0.2, 0.25) is 0 Å². The van der Waals surface area contributed by atoms with E-state index in [0.29, 0.717) is 34.2 Å². The molecular formula is C28H46ClN3O5S. The summed E-state index contributed by atoms with van der Waals surface area (Å²) in [5, 5.41) is 0. The molecular weight excluding hydrogens is 526 g/mol. The fraction of sp³-hybridized carbons (Fsp3) is 0.750. The fourth-order valence-corrected chi connectivity index (χ4v) is 8.32. The molecule has 4 rings (SSSR count). The lowest BCUT2D eigenvalue weighted by Crippen LogP contribution is -2.47. The third-order valence-corrected chi connectivity index (χ3v) is 10.6. The lowest BCUT2D eigenvalue weighted by Gasteiger charge is -2.35. The summed E-state index contributed by atoms with van der Waals surface area (Å²) in [6.07, 6.45) is 8.55. The highest BCUT2D eigenvalue weighted by Crippen LogP contribution is 2.32. The maximum Gasteiger partial charge on any atom is 0.248 e. The molecule has 38 heavy (non-hydrogen) atoms. The third-order valence-electron chi connectivity index (χ3n) is 8.36. The summed E-state index contributed by atoms with van der Waals surface area (Å²) in [5.74, 6) is 1.38. The molecule has 0 aliphatic carbocycles. The number of benzene rings is 1. The van der Waals surface area contributed by atoms with Crippen LogP contribution in [0, 0.1) is 19.8 Å². The van der Waals surface area contributed by atoms with Gasteiger partial charge in [0.1, 0.15) is 12.4 Å². The van der Waals surface area contributed by atoms with Crippen LogP contribution in [0.1, 0.15) is 62.5 Å². The molecule has 1 unspecified atom stereocenters. The molecule has 3 aliphatic rings. The summed E-state index contributed by atoms with van der Waals surface area (Å²) in [5.41, 5.74) is 1.36. The molecule has 3 aliphatic heterocycles. The number of aryl methyl sites for hydroxylation is 2. The molecule has 3 heterocycles. The first-order valence-electron chi connectivity index (χ1n) is 14.0. The van der Waals surface area contributed by atoms with Crippen LogP contribution in [0.3, 0.4) is 0 Å². The zero-order chi connectivity index (χ0) is 26.4. The molecule has 3 fully saturated rings. The zero-order valence-electron chi connectivity index (χ0n) is 23.3. The Balaban J connectivity index is 0.00000400. The topological polar surface area (TPSA) is 79.4 Å². The average molecular weight is 572 g/mol. The molecule has 0 bridgehead atoms. The van der Waals surface area contributed by atoms with Crippen molar-refractivity contribution >= 4 is 28.3 Å². The quantitative estimate of drug-likeness (QED) is 0.422. The van der Waals surface area contributed by atoms with Crippen molar-refractivity contribution in [3.63, 3.8) is 0 Å². The van der Waals surface area contributed by atoms with Crippen LogP contribution in [0.5, 0.6) is 5.75 Å². The Bertz CT molecular complexity index is 1000. The summed E-state index contributed by atoms with van der Waals surface area (Å²) in [6, 6.07) is 3.27. The van der Waals surface area contributed by atoms with E-state index in [1.165, 1.54) is 38.9 Å². The zero-order valence-corrected chi connectivity index (χ0v) is 25.0. The number of hydrogen-bond donors (Lipinski definition) is 0. The first-order valence-corrected chi connectivity index (χ1v) is 15.5. The molecule has 8 nitrogen and oxygen atoms in total. The van der Waals surface area contributed by atoms with E-state index >= 15 is 0 Å². The molecule has 216 valence electrons. The number of halogens is 1. The second kappa shape index (κ2) is 14.3. The van der Waals surface area contributed by atoms with E-state index in [0.717, 1.165) is 45.2 Å². The Labute approximate surface area is 235 Å². The first-order chi connectivity index (χ1) is 17.8. The van der Waals surface area contributed by atoms with E-state index in [2.05, 4.69) is 4.90 Å². The highest BCUT2D eigenvalue weighted by Gasteiger charge is 2.36. The van der Waals surface area contributed by atoms with Gasteiger partial charge in [-0.2, -0.15) is 4.31 Å². The van der Waals surface area contributed by atoms with Crippen LogP contribution in [0.4, 0.5) is 0 Å². The van der Waals surface area contributed by atoms with Crippen LogP contribution >= 0.6 is 12.4 Å². The van der Waals surface area contributed by atoms with Crippen molar-refractivity contribution in [1.29, 1.82) is 0 Å². The fourth-order valence-electron chi connectivity index (χ4n) is 6.23. The standard InChI is InChI=1S/C28H45N3O5S.ClH/c1-22-18-26(35-3)19-23(2)28(22)37(33,34)31-14-5-4-8-25(31)20-36-21-27(32)30-16-10-24(11-17-30)9-15-29-12-6-7-13-29;/h18-19,24-25H,4-17,20-21H2,1-3H3;1H. The summed E-state index contributed by atoms with van der Waals surface area (Å²) in [6.45, 7) is 9.63. The van der Waals surface area contributed by atoms with Crippen molar-refractivity contribution < 1.29 is 22.7 Å². The minimum atomic E-state index is -3.69. The lowest BCUT2D eigenvalue weighted by atomic mass is 9.93. The second-order valence-electron chi connectivity index (χ2n) is 11.0. The number of piperidine rings is 2. The molecule has 0 radical (unpaired) electrons. The van der Waals surface area contributed by atoms with Crippen molar-refractivity contribution in [3.05, 3.63) is 23.3 Å². The molecule has 0 spiro atoms. The van der Waals surface area contributed by atoms with Gasteiger partial charge in [0.15, 0.2) is 0 Å². The van der Waals surface area contributed by atoms with Gasteiger partial charge in [-0.1, -0.05) is 6.42 Å². The monoisotopic (exact) mass is 571 g/mol. The van der Waals surface area contributed by atoms with Crippen molar-refractivity contribution in [1.82, 2.24) is 14.1 Å². The van der Waals surface area contributed by atoms with E-state index in [9.17, 15) is 13.2 Å². The molecule has 0 N–H and O–H groups in total. The highest BCUT2D eigenvalue weighted by atomic mass is 35.5. The van der Waals surface area contributed by atoms with Gasteiger partial charge in [-0.25, -0.2) is 8.42 Å². The Kier molecular flexibility index (Phi) is 11.7. The van der Waals surface area contributed by atoms with Crippen molar-refractivity contribution in [2.45, 2.75) is 76.2 Å². The van der Waals surface area contributed by atoms with Crippen LogP contribution in [-0.4, -0.2) is 94.1 Å². The number of carbonyl (C=O) groups excluding carboxylic acids is 1. The van der Waals surface area contributed by atoms with Gasteiger partial charge in [0.05, 0.1) is 18.6 Å². The largest absolute Gasteiger partial charge is 0.497 e. The van der Waals surface area contributed by atoms with E-state index in [1.807, 2.05) is 18.7 Å². The average Bonchev–Trinajstić information content (AvgIpc) is 3.41. The summed E-state index contributed by atoms with van der Waals surface area (Å²) in [4.78, 5) is 17.7. The van der Waals surface area contributed by atoms with E-state index in [-0.39, 0.29) is 37.6 Å². The van der Waals surface area contributed by atoms with E-state index in [4.69, 9.17) is 9.47 Å². The predicted octanol–water partition coefficient (Wildman–Crippen LogP) is 4.02. The van der Waals surface area contributed by atoms with Gasteiger partial charge in [-0.05, 0) is 108 Å². The van der Waals surface area contributed by atoms with Crippen LogP contribution < -0.4 is 4.74 Å². The van der Waals surface area contributed by atoms with E-state index in [1.54, 1.807) is 23.5 Å². The molecule has 0 saturated carbocycles. The Hall–Kier alpha value is -1.39. The maximum absolute atomic E-state index is 13.7. The third kappa shape index (κ3) is 7.62. The van der Waals surface area contributed by atoms with Gasteiger partial charge >= 0.3 is 0 Å². The lowest BCUT2D eigenvalue weighted by molar-refractivity contribution is -0.138. The summed E-state index contributed by atoms with van der Waals surface area (Å²) < 4.78 is 40.2. The minimum absolute atomic E-state index is 0. The molecule has 3 saturated heterocycles. The van der Waals surface area contributed by atoms with E-state index < -0.39 is 10.0 Å². The summed E-state index contributed by atoms with van der Waals surface area (Å²) >= 11 is 0. The second-order valence-corrected chi connectivity index (χ2v) is 12.9. The van der Waals surface area contributed by atoms with Crippen LogP contribution in [0.15, 0.2) is 17.0 Å². The van der Waals surface area contributed by atoms with Gasteiger partial charge in [0, 0.05) is 25.7 Å². The molecule has 0 aromatic heterocycles. The van der Waals surface area contributed by atoms with Gasteiger partial charge in [-0.15, -0.1) is 12.4 Å². The smallest absolute Gasteiger partial charge is 0.248 e. The Morgan fingerprint density at radius 2 is 1.58 bits per heavy atom. The molecule has 1 aromatic carbocycles. The number of amides is 1. The molecule has 1 aromatic rings. The van der Waals surface area contributed by atoms with Gasteiger partial charge < -0.3 is 19.3 Å². The number of nitrogens with zero attached hydrogens (tertiary/aromatic N) is 3. The number of sulfonamides is 1. The molecule has 1 amide bonds. The minimum Gasteiger partial charge on any atom is -0.497 e. The predicted molar refractivity (Wildman–Crippen MR) is 152 cm³/mol. The number of carbonyl (C=O) groups is 1. The van der Waals surface area contributed by atoms with Gasteiger partial charge in [-0.3, -0.25) is 4.79 Å². The number of hydrogen-bond acceptors (Lipinski definition) is 6. The number of likely N-dealkylation sites (tertiary alicyclic amines) is 2. The van der Waals surface area contributed by atoms with Gasteiger partial charge in [0.2, 0.25) is 15.9 Å². The number of rotatable bonds is 10. The normalized spacial score (nSPS) is 21.9. The van der Waals surface area contributed by atoms with Crippen LogP contribution in [0.25, 0.3) is 0 Å². The van der Waals surface area contributed by atoms with Crippen LogP contribution in [-0.2, 0) is 19.6 Å². The Morgan fingerprint density at radius 1 is 0.947 bits per heavy atom. The first kappa shape index (κ1) is 31.1. The maximum atomic E-state index is 13.7. The number of methoxy groups -OCH3 is 1. The number of ether oxygens (including phenoxy) is 2. The summed E-state index contributed by atoms with van der Waals surface area (Å²) in [7, 11) is -2.10. The van der Waals surface area contributed by atoms with Gasteiger partial charge in [0.25, 0.3) is 0 Å². The highest BCUT2D eigenvalue weighted by molar-refractivity contribution is 7.89. The molecule has 1 atom stereocenters.